The zero-order valence-corrected chi connectivity index (χ0v) is 11.2. The summed E-state index contributed by atoms with van der Waals surface area (Å²) in [5, 5.41) is 43.9. The molecule has 0 spiro atoms. The molecule has 12 nitrogen and oxygen atoms in total. The second kappa shape index (κ2) is 10.1. The minimum atomic E-state index is -2.74. The minimum Gasteiger partial charge on any atom is -0.481 e. The topological polar surface area (TPSA) is 225 Å². The molecule has 0 aromatic heterocycles. The Morgan fingerprint density at radius 3 is 1.50 bits per heavy atom. The number of nitrogens with two attached hydrogens (primary N) is 1. The van der Waals surface area contributed by atoms with Crippen LogP contribution in [0.25, 0.3) is 0 Å². The Labute approximate surface area is 123 Å². The standard InChI is InChI=1S/C6H8O7.C4H8N2O3/c7-3(8)1-6(13,5(11)12)2-4(9)10;5-1-3(7)6-2-4(8)9/h13H,1-2H2,(H,7,8)(H,9,10)(H,11,12);1-2,5H2,(H,6,7)(H,8,9). The molecule has 126 valence electrons. The Morgan fingerprint density at radius 1 is 0.864 bits per heavy atom. The van der Waals surface area contributed by atoms with Gasteiger partial charge in [-0.25, -0.2) is 4.79 Å². The summed E-state index contributed by atoms with van der Waals surface area (Å²) in [7, 11) is 0. The largest absolute Gasteiger partial charge is 0.481 e. The Balaban J connectivity index is 0. The summed E-state index contributed by atoms with van der Waals surface area (Å²) in [6.07, 6.45) is -2.29. The van der Waals surface area contributed by atoms with Gasteiger partial charge in [0.25, 0.3) is 0 Å². The van der Waals surface area contributed by atoms with Crippen molar-refractivity contribution in [2.75, 3.05) is 13.1 Å². The highest BCUT2D eigenvalue weighted by Gasteiger charge is 2.40. The number of aliphatic carboxylic acids is 4. The van der Waals surface area contributed by atoms with Crippen molar-refractivity contribution in [3.05, 3.63) is 0 Å². The predicted octanol–water partition coefficient (Wildman–Crippen LogP) is -3.10. The molecule has 0 aliphatic heterocycles. The average Bonchev–Trinajstić information content (AvgIpc) is 2.34. The zero-order chi connectivity index (χ0) is 17.9. The Morgan fingerprint density at radius 2 is 1.27 bits per heavy atom. The summed E-state index contributed by atoms with van der Waals surface area (Å²) in [5.74, 6) is -6.55. The molecule has 0 aliphatic carbocycles. The number of amides is 1. The maximum Gasteiger partial charge on any atom is 0.336 e. The van der Waals surface area contributed by atoms with Gasteiger partial charge in [-0.2, -0.15) is 0 Å². The van der Waals surface area contributed by atoms with Crippen LogP contribution in [0.3, 0.4) is 0 Å². The van der Waals surface area contributed by atoms with Crippen LogP contribution in [0.15, 0.2) is 0 Å². The highest BCUT2D eigenvalue weighted by molar-refractivity contribution is 5.88. The van der Waals surface area contributed by atoms with E-state index in [1.807, 2.05) is 0 Å². The van der Waals surface area contributed by atoms with Gasteiger partial charge in [-0.3, -0.25) is 19.2 Å². The molecule has 8 N–H and O–H groups in total. The molecular weight excluding hydrogens is 308 g/mol. The van der Waals surface area contributed by atoms with Crippen LogP contribution in [0.4, 0.5) is 0 Å². The lowest BCUT2D eigenvalue weighted by Gasteiger charge is -2.18. The normalized spacial score (nSPS) is 9.91. The van der Waals surface area contributed by atoms with Crippen molar-refractivity contribution >= 4 is 29.8 Å². The van der Waals surface area contributed by atoms with Crippen molar-refractivity contribution in [3.63, 3.8) is 0 Å². The number of carboxylic acid groups (broad SMARTS) is 4. The number of hydrogen-bond acceptors (Lipinski definition) is 7. The van der Waals surface area contributed by atoms with E-state index < -0.39 is 48.2 Å². The molecule has 0 saturated carbocycles. The lowest BCUT2D eigenvalue weighted by molar-refractivity contribution is -0.170. The van der Waals surface area contributed by atoms with Gasteiger partial charge < -0.3 is 36.6 Å². The van der Waals surface area contributed by atoms with E-state index in [9.17, 15) is 24.0 Å². The molecule has 22 heavy (non-hydrogen) atoms. The van der Waals surface area contributed by atoms with E-state index in [4.69, 9.17) is 31.3 Å². The van der Waals surface area contributed by atoms with E-state index >= 15 is 0 Å². The summed E-state index contributed by atoms with van der Waals surface area (Å²) in [5.41, 5.74) is 2.11. The lowest BCUT2D eigenvalue weighted by Crippen LogP contribution is -2.42. The van der Waals surface area contributed by atoms with Gasteiger partial charge >= 0.3 is 23.9 Å². The quantitative estimate of drug-likeness (QED) is 0.236. The molecular formula is C10H16N2O10. The van der Waals surface area contributed by atoms with Crippen LogP contribution >= 0.6 is 0 Å². The summed E-state index contributed by atoms with van der Waals surface area (Å²) >= 11 is 0. The number of nitrogens with one attached hydrogen (secondary N) is 1. The average molecular weight is 324 g/mol. The van der Waals surface area contributed by atoms with Crippen LogP contribution in [-0.4, -0.2) is 74.0 Å². The molecule has 12 heteroatoms. The summed E-state index contributed by atoms with van der Waals surface area (Å²) in [4.78, 5) is 50.5. The van der Waals surface area contributed by atoms with E-state index in [1.165, 1.54) is 0 Å². The molecule has 0 rings (SSSR count). The highest BCUT2D eigenvalue weighted by Crippen LogP contribution is 2.15. The number of carbonyl (C=O) groups is 5. The Hall–Kier alpha value is -2.73. The fraction of sp³-hybridized carbons (Fsp3) is 0.500. The molecule has 1 amide bonds. The Bertz CT molecular complexity index is 431. The van der Waals surface area contributed by atoms with Gasteiger partial charge in [-0.05, 0) is 0 Å². The summed E-state index contributed by atoms with van der Waals surface area (Å²) in [6, 6.07) is 0. The van der Waals surface area contributed by atoms with Crippen molar-refractivity contribution in [2.45, 2.75) is 18.4 Å². The number of rotatable bonds is 8. The number of aliphatic hydroxyl groups is 1. The fourth-order valence-electron chi connectivity index (χ4n) is 0.960. The van der Waals surface area contributed by atoms with Gasteiger partial charge in [0, 0.05) is 0 Å². The van der Waals surface area contributed by atoms with Crippen LogP contribution in [0, 0.1) is 0 Å². The van der Waals surface area contributed by atoms with Gasteiger partial charge in [0.15, 0.2) is 5.60 Å². The molecule has 0 fully saturated rings. The molecule has 0 aromatic rings. The maximum atomic E-state index is 10.3. The van der Waals surface area contributed by atoms with Crippen LogP contribution in [0.1, 0.15) is 12.8 Å². The molecule has 0 atom stereocenters. The van der Waals surface area contributed by atoms with E-state index in [2.05, 4.69) is 5.32 Å². The first-order valence-corrected chi connectivity index (χ1v) is 5.52. The van der Waals surface area contributed by atoms with Crippen molar-refractivity contribution in [1.82, 2.24) is 5.32 Å². The van der Waals surface area contributed by atoms with Gasteiger partial charge in [0.1, 0.15) is 6.54 Å². The third kappa shape index (κ3) is 11.1. The first-order valence-electron chi connectivity index (χ1n) is 5.52. The van der Waals surface area contributed by atoms with Gasteiger partial charge in [-0.1, -0.05) is 0 Å². The molecule has 0 radical (unpaired) electrons. The molecule has 0 aliphatic rings. The molecule has 0 aromatic carbocycles. The van der Waals surface area contributed by atoms with Crippen molar-refractivity contribution in [1.29, 1.82) is 0 Å². The number of carboxylic acids is 4. The monoisotopic (exact) mass is 324 g/mol. The van der Waals surface area contributed by atoms with Crippen LogP contribution in [0.2, 0.25) is 0 Å². The van der Waals surface area contributed by atoms with Gasteiger partial charge in [0.05, 0.1) is 19.4 Å². The molecule has 0 saturated heterocycles. The third-order valence-electron chi connectivity index (χ3n) is 1.91. The van der Waals surface area contributed by atoms with Gasteiger partial charge in [0.2, 0.25) is 5.91 Å². The van der Waals surface area contributed by atoms with E-state index in [1.54, 1.807) is 0 Å². The molecule has 0 heterocycles. The van der Waals surface area contributed by atoms with Crippen molar-refractivity contribution in [3.8, 4) is 0 Å². The summed E-state index contributed by atoms with van der Waals surface area (Å²) < 4.78 is 0. The minimum absolute atomic E-state index is 0.173. The Kier molecular flexibility index (Phi) is 9.86. The van der Waals surface area contributed by atoms with Crippen LogP contribution < -0.4 is 11.1 Å². The van der Waals surface area contributed by atoms with Crippen LogP contribution in [0.5, 0.6) is 0 Å². The van der Waals surface area contributed by atoms with E-state index in [0.29, 0.717) is 0 Å². The second-order valence-electron chi connectivity index (χ2n) is 3.85. The SMILES string of the molecule is NCC(=O)NCC(=O)O.O=C(O)CC(O)(CC(=O)O)C(=O)O. The first kappa shape index (κ1) is 21.6. The molecule has 0 unspecified atom stereocenters. The smallest absolute Gasteiger partial charge is 0.336 e. The van der Waals surface area contributed by atoms with Crippen LogP contribution in [-0.2, 0) is 24.0 Å². The van der Waals surface area contributed by atoms with E-state index in [0.717, 1.165) is 0 Å². The first-order chi connectivity index (χ1) is 9.94. The third-order valence-corrected chi connectivity index (χ3v) is 1.91. The zero-order valence-electron chi connectivity index (χ0n) is 11.2. The fourth-order valence-corrected chi connectivity index (χ4v) is 0.960. The van der Waals surface area contributed by atoms with E-state index in [-0.39, 0.29) is 13.1 Å². The van der Waals surface area contributed by atoms with Crippen molar-refractivity contribution in [2.24, 2.45) is 5.73 Å². The number of hydrogen-bond donors (Lipinski definition) is 7. The van der Waals surface area contributed by atoms with Crippen molar-refractivity contribution < 1.29 is 49.5 Å². The van der Waals surface area contributed by atoms with Gasteiger partial charge in [-0.15, -0.1) is 0 Å². The maximum absolute atomic E-state index is 10.3. The summed E-state index contributed by atoms with van der Waals surface area (Å²) in [6.45, 7) is -0.538. The molecule has 0 bridgehead atoms. The predicted molar refractivity (Wildman–Crippen MR) is 66.8 cm³/mol. The second-order valence-corrected chi connectivity index (χ2v) is 3.85. The number of carbonyl (C=O) groups excluding carboxylic acids is 1. The highest BCUT2D eigenvalue weighted by atomic mass is 16.4. The lowest BCUT2D eigenvalue weighted by atomic mass is 9.96.